The maximum atomic E-state index is 6.20. The van der Waals surface area contributed by atoms with Gasteiger partial charge in [0.1, 0.15) is 0 Å². The van der Waals surface area contributed by atoms with E-state index in [0.29, 0.717) is 5.92 Å². The van der Waals surface area contributed by atoms with E-state index < -0.39 is 0 Å². The molecule has 2 heteroatoms. The van der Waals surface area contributed by atoms with E-state index in [1.165, 1.54) is 11.1 Å². The zero-order valence-corrected chi connectivity index (χ0v) is 9.88. The Balaban J connectivity index is 2.50. The number of aromatic nitrogens is 1. The predicted octanol–water partition coefficient (Wildman–Crippen LogP) is 3.59. The second-order valence-electron chi connectivity index (χ2n) is 4.10. The minimum atomic E-state index is 0.273. The standard InChI is InChI=1S/C12H18ClN/c1-9(2)12(13)5-4-11-8-14-7-6-10(11)3/h6-9,12H,4-5H2,1-3H3. The highest BCUT2D eigenvalue weighted by Gasteiger charge is 2.09. The molecule has 1 heterocycles. The van der Waals surface area contributed by atoms with Crippen molar-refractivity contribution in [3.63, 3.8) is 0 Å². The number of hydrogen-bond donors (Lipinski definition) is 0. The van der Waals surface area contributed by atoms with Crippen molar-refractivity contribution in [2.24, 2.45) is 5.92 Å². The van der Waals surface area contributed by atoms with Gasteiger partial charge in [0.05, 0.1) is 0 Å². The Morgan fingerprint density at radius 3 is 2.71 bits per heavy atom. The maximum Gasteiger partial charge on any atom is 0.0362 e. The third kappa shape index (κ3) is 3.30. The molecule has 0 aliphatic rings. The van der Waals surface area contributed by atoms with Crippen LogP contribution in [-0.2, 0) is 6.42 Å². The summed E-state index contributed by atoms with van der Waals surface area (Å²) in [5.74, 6) is 0.550. The predicted molar refractivity (Wildman–Crippen MR) is 61.8 cm³/mol. The number of rotatable bonds is 4. The van der Waals surface area contributed by atoms with Crippen LogP contribution in [0.4, 0.5) is 0 Å². The lowest BCUT2D eigenvalue weighted by Gasteiger charge is -2.13. The Kier molecular flexibility index (Phi) is 4.40. The first-order valence-corrected chi connectivity index (χ1v) is 5.58. The number of halogens is 1. The molecule has 0 fully saturated rings. The number of alkyl halides is 1. The van der Waals surface area contributed by atoms with E-state index in [0.717, 1.165) is 12.8 Å². The molecule has 0 aliphatic heterocycles. The molecule has 14 heavy (non-hydrogen) atoms. The van der Waals surface area contributed by atoms with Gasteiger partial charge in [0, 0.05) is 17.8 Å². The average Bonchev–Trinajstić information content (AvgIpc) is 2.16. The summed E-state index contributed by atoms with van der Waals surface area (Å²) < 4.78 is 0. The monoisotopic (exact) mass is 211 g/mol. The lowest BCUT2D eigenvalue weighted by molar-refractivity contribution is 0.564. The summed E-state index contributed by atoms with van der Waals surface area (Å²) in [7, 11) is 0. The van der Waals surface area contributed by atoms with E-state index in [1.807, 2.05) is 18.5 Å². The van der Waals surface area contributed by atoms with Crippen molar-refractivity contribution in [3.05, 3.63) is 29.6 Å². The zero-order valence-electron chi connectivity index (χ0n) is 9.13. The first kappa shape index (κ1) is 11.5. The van der Waals surface area contributed by atoms with Crippen LogP contribution in [0.5, 0.6) is 0 Å². The second-order valence-corrected chi connectivity index (χ2v) is 4.66. The van der Waals surface area contributed by atoms with Crippen molar-refractivity contribution < 1.29 is 0 Å². The first-order chi connectivity index (χ1) is 6.61. The molecule has 1 unspecified atom stereocenters. The molecule has 1 aromatic heterocycles. The summed E-state index contributed by atoms with van der Waals surface area (Å²) in [6.07, 6.45) is 5.84. The molecule has 0 aromatic carbocycles. The fraction of sp³-hybridized carbons (Fsp3) is 0.583. The van der Waals surface area contributed by atoms with E-state index in [2.05, 4.69) is 25.8 Å². The van der Waals surface area contributed by atoms with Crippen molar-refractivity contribution in [2.75, 3.05) is 0 Å². The highest BCUT2D eigenvalue weighted by molar-refractivity contribution is 6.20. The van der Waals surface area contributed by atoms with Gasteiger partial charge in [-0.25, -0.2) is 0 Å². The van der Waals surface area contributed by atoms with Crippen molar-refractivity contribution >= 4 is 11.6 Å². The van der Waals surface area contributed by atoms with E-state index in [-0.39, 0.29) is 5.38 Å². The van der Waals surface area contributed by atoms with Crippen LogP contribution in [0.15, 0.2) is 18.5 Å². The molecule has 1 rings (SSSR count). The van der Waals surface area contributed by atoms with E-state index >= 15 is 0 Å². The van der Waals surface area contributed by atoms with Gasteiger partial charge < -0.3 is 0 Å². The molecule has 0 saturated carbocycles. The molecule has 0 spiro atoms. The number of hydrogen-bond acceptors (Lipinski definition) is 1. The van der Waals surface area contributed by atoms with Crippen LogP contribution >= 0.6 is 11.6 Å². The summed E-state index contributed by atoms with van der Waals surface area (Å²) in [4.78, 5) is 4.13. The highest BCUT2D eigenvalue weighted by atomic mass is 35.5. The lowest BCUT2D eigenvalue weighted by atomic mass is 10.0. The maximum absolute atomic E-state index is 6.20. The van der Waals surface area contributed by atoms with Crippen LogP contribution in [0, 0.1) is 12.8 Å². The van der Waals surface area contributed by atoms with Crippen LogP contribution in [-0.4, -0.2) is 10.4 Å². The second kappa shape index (κ2) is 5.35. The van der Waals surface area contributed by atoms with Gasteiger partial charge >= 0.3 is 0 Å². The first-order valence-electron chi connectivity index (χ1n) is 5.15. The normalized spacial score (nSPS) is 13.2. The van der Waals surface area contributed by atoms with E-state index in [4.69, 9.17) is 11.6 Å². The van der Waals surface area contributed by atoms with Gasteiger partial charge in [0.25, 0.3) is 0 Å². The molecule has 1 nitrogen and oxygen atoms in total. The van der Waals surface area contributed by atoms with Gasteiger partial charge in [0.15, 0.2) is 0 Å². The van der Waals surface area contributed by atoms with Gasteiger partial charge in [-0.3, -0.25) is 4.98 Å². The minimum Gasteiger partial charge on any atom is -0.264 e. The molecule has 78 valence electrons. The quantitative estimate of drug-likeness (QED) is 0.694. The lowest BCUT2D eigenvalue weighted by Crippen LogP contribution is -2.09. The summed E-state index contributed by atoms with van der Waals surface area (Å²) >= 11 is 6.20. The fourth-order valence-electron chi connectivity index (χ4n) is 1.39. The minimum absolute atomic E-state index is 0.273. The Bertz CT molecular complexity index is 283. The number of pyridine rings is 1. The largest absolute Gasteiger partial charge is 0.264 e. The summed E-state index contributed by atoms with van der Waals surface area (Å²) in [5, 5.41) is 0.273. The third-order valence-electron chi connectivity index (χ3n) is 2.56. The number of aryl methyl sites for hydroxylation is 2. The van der Waals surface area contributed by atoms with Crippen molar-refractivity contribution in [2.45, 2.75) is 39.0 Å². The van der Waals surface area contributed by atoms with Crippen LogP contribution in [0.2, 0.25) is 0 Å². The van der Waals surface area contributed by atoms with E-state index in [1.54, 1.807) is 0 Å². The Labute approximate surface area is 91.5 Å². The molecule has 0 radical (unpaired) electrons. The molecule has 0 N–H and O–H groups in total. The van der Waals surface area contributed by atoms with Crippen molar-refractivity contribution in [3.8, 4) is 0 Å². The molecule has 0 amide bonds. The summed E-state index contributed by atoms with van der Waals surface area (Å²) in [5.41, 5.74) is 2.63. The van der Waals surface area contributed by atoms with Gasteiger partial charge in [-0.2, -0.15) is 0 Å². The molecule has 0 saturated heterocycles. The van der Waals surface area contributed by atoms with E-state index in [9.17, 15) is 0 Å². The molecular formula is C12H18ClN. The molecule has 0 bridgehead atoms. The number of nitrogens with zero attached hydrogens (tertiary/aromatic N) is 1. The van der Waals surface area contributed by atoms with Gasteiger partial charge in [-0.15, -0.1) is 11.6 Å². The third-order valence-corrected chi connectivity index (χ3v) is 3.28. The van der Waals surface area contributed by atoms with Gasteiger partial charge in [-0.05, 0) is 42.9 Å². The van der Waals surface area contributed by atoms with Gasteiger partial charge in [0.2, 0.25) is 0 Å². The Hall–Kier alpha value is -0.560. The molecule has 1 aromatic rings. The topological polar surface area (TPSA) is 12.9 Å². The Morgan fingerprint density at radius 1 is 1.43 bits per heavy atom. The van der Waals surface area contributed by atoms with Crippen molar-refractivity contribution in [1.29, 1.82) is 0 Å². The van der Waals surface area contributed by atoms with Crippen LogP contribution < -0.4 is 0 Å². The summed E-state index contributed by atoms with van der Waals surface area (Å²) in [6, 6.07) is 2.05. The van der Waals surface area contributed by atoms with Crippen LogP contribution in [0.25, 0.3) is 0 Å². The summed E-state index contributed by atoms with van der Waals surface area (Å²) in [6.45, 7) is 6.44. The zero-order chi connectivity index (χ0) is 10.6. The SMILES string of the molecule is Cc1ccncc1CCC(Cl)C(C)C. The highest BCUT2D eigenvalue weighted by Crippen LogP contribution is 2.17. The average molecular weight is 212 g/mol. The molecule has 0 aliphatic carbocycles. The smallest absolute Gasteiger partial charge is 0.0362 e. The fourth-order valence-corrected chi connectivity index (χ4v) is 1.49. The van der Waals surface area contributed by atoms with Crippen LogP contribution in [0.3, 0.4) is 0 Å². The van der Waals surface area contributed by atoms with Crippen LogP contribution in [0.1, 0.15) is 31.4 Å². The molecular weight excluding hydrogens is 194 g/mol. The van der Waals surface area contributed by atoms with Crippen molar-refractivity contribution in [1.82, 2.24) is 4.98 Å². The Morgan fingerprint density at radius 2 is 2.14 bits per heavy atom. The molecule has 1 atom stereocenters. The van der Waals surface area contributed by atoms with Gasteiger partial charge in [-0.1, -0.05) is 13.8 Å².